The lowest BCUT2D eigenvalue weighted by Crippen LogP contribution is -2.50. The van der Waals surface area contributed by atoms with Crippen LogP contribution in [0.25, 0.3) is 0 Å². The van der Waals surface area contributed by atoms with Gasteiger partial charge in [0.2, 0.25) is 5.91 Å². The lowest BCUT2D eigenvalue weighted by Gasteiger charge is -2.30. The molecule has 0 rings (SSSR count). The van der Waals surface area contributed by atoms with Crippen molar-refractivity contribution in [3.05, 3.63) is 0 Å². The molecule has 0 fully saturated rings. The zero-order chi connectivity index (χ0) is 17.6. The van der Waals surface area contributed by atoms with Crippen LogP contribution in [0.4, 0.5) is 0 Å². The van der Waals surface area contributed by atoms with Crippen LogP contribution in [-0.4, -0.2) is 70.9 Å². The first-order valence-corrected chi connectivity index (χ1v) is 8.45. The molecule has 0 bridgehead atoms. The van der Waals surface area contributed by atoms with Crippen molar-refractivity contribution < 1.29 is 32.8 Å². The summed E-state index contributed by atoms with van der Waals surface area (Å²) in [5, 5.41) is 21.4. The molecule has 130 valence electrons. The second kappa shape index (κ2) is 8.67. The van der Waals surface area contributed by atoms with Gasteiger partial charge in [0.25, 0.3) is 5.91 Å². The number of carbonyl (C=O) groups is 2. The lowest BCUT2D eigenvalue weighted by atomic mass is 9.87. The Bertz CT molecular complexity index is 493. The Labute approximate surface area is 135 Å². The largest absolute Gasteiger partial charge is 0.396 e. The third-order valence-electron chi connectivity index (χ3n) is 2.88. The summed E-state index contributed by atoms with van der Waals surface area (Å²) < 4.78 is 31.6. The quantitative estimate of drug-likeness (QED) is 0.247. The number of aliphatic hydroxyl groups is 2. The molecule has 0 aromatic carbocycles. The Balaban J connectivity index is 5.02. The molecule has 22 heavy (non-hydrogen) atoms. The van der Waals surface area contributed by atoms with Gasteiger partial charge in [0, 0.05) is 30.7 Å². The van der Waals surface area contributed by atoms with Crippen LogP contribution in [0.5, 0.6) is 0 Å². The molecule has 0 heterocycles. The number of amides is 2. The molecule has 0 saturated carbocycles. The summed E-state index contributed by atoms with van der Waals surface area (Å²) in [5.74, 6) is -1.47. The van der Waals surface area contributed by atoms with E-state index in [-0.39, 0.29) is 17.3 Å². The maximum atomic E-state index is 12.0. The van der Waals surface area contributed by atoms with E-state index in [1.165, 1.54) is 13.8 Å². The van der Waals surface area contributed by atoms with Gasteiger partial charge in [-0.2, -0.15) is 21.0 Å². The van der Waals surface area contributed by atoms with E-state index in [0.717, 1.165) is 0 Å². The second-order valence-electron chi connectivity index (χ2n) is 5.26. The fourth-order valence-electron chi connectivity index (χ4n) is 1.38. The molecule has 0 aliphatic rings. The van der Waals surface area contributed by atoms with Crippen molar-refractivity contribution in [3.8, 4) is 0 Å². The third kappa shape index (κ3) is 6.48. The Kier molecular flexibility index (Phi) is 8.33. The average molecular weight is 358 g/mol. The minimum atomic E-state index is -4.95. The summed E-state index contributed by atoms with van der Waals surface area (Å²) >= 11 is 3.88. The Hall–Kier alpha value is -0.880. The highest BCUT2D eigenvalue weighted by Gasteiger charge is 2.39. The van der Waals surface area contributed by atoms with Crippen LogP contribution in [0, 0.1) is 5.41 Å². The minimum absolute atomic E-state index is 0.00928. The molecule has 0 aromatic rings. The number of aliphatic hydroxyl groups excluding tert-OH is 2. The highest BCUT2D eigenvalue weighted by molar-refractivity contribution is 7.84. The van der Waals surface area contributed by atoms with Gasteiger partial charge in [-0.3, -0.25) is 14.1 Å². The van der Waals surface area contributed by atoms with E-state index in [2.05, 4.69) is 17.9 Å². The van der Waals surface area contributed by atoms with Gasteiger partial charge in [-0.1, -0.05) is 13.8 Å². The smallest absolute Gasteiger partial charge is 0.362 e. The maximum absolute atomic E-state index is 12.0. The third-order valence-corrected chi connectivity index (χ3v) is 4.03. The molecular formula is C11H22N2O7S2. The Morgan fingerprint density at radius 2 is 1.91 bits per heavy atom. The van der Waals surface area contributed by atoms with Crippen LogP contribution in [0.3, 0.4) is 0 Å². The number of nitrogens with zero attached hydrogens (tertiary/aromatic N) is 1. The van der Waals surface area contributed by atoms with Gasteiger partial charge in [0.15, 0.2) is 0 Å². The summed E-state index contributed by atoms with van der Waals surface area (Å²) in [6.07, 6.45) is -2.24. The van der Waals surface area contributed by atoms with E-state index in [9.17, 15) is 23.1 Å². The van der Waals surface area contributed by atoms with Crippen LogP contribution in [0.2, 0.25) is 0 Å². The first-order valence-electron chi connectivity index (χ1n) is 6.43. The van der Waals surface area contributed by atoms with E-state index in [1.807, 2.05) is 0 Å². The van der Waals surface area contributed by atoms with Crippen molar-refractivity contribution >= 4 is 34.7 Å². The van der Waals surface area contributed by atoms with E-state index < -0.39 is 46.8 Å². The van der Waals surface area contributed by atoms with Crippen LogP contribution in [0.15, 0.2) is 0 Å². The van der Waals surface area contributed by atoms with Gasteiger partial charge >= 0.3 is 10.3 Å². The van der Waals surface area contributed by atoms with Crippen molar-refractivity contribution in [1.82, 2.24) is 9.62 Å². The summed E-state index contributed by atoms with van der Waals surface area (Å²) in [5.41, 5.74) is -1.31. The number of hydrogen-bond donors (Lipinski definition) is 5. The second-order valence-corrected chi connectivity index (χ2v) is 7.04. The molecule has 1 atom stereocenters. The predicted octanol–water partition coefficient (Wildman–Crippen LogP) is -1.57. The van der Waals surface area contributed by atoms with Gasteiger partial charge in [0.05, 0.1) is 6.61 Å². The molecule has 0 radical (unpaired) electrons. The molecule has 0 spiro atoms. The number of nitrogens with one attached hydrogen (secondary N) is 1. The molecule has 0 aliphatic heterocycles. The maximum Gasteiger partial charge on any atom is 0.362 e. The Morgan fingerprint density at radius 1 is 1.36 bits per heavy atom. The molecular weight excluding hydrogens is 336 g/mol. The fourth-order valence-corrected chi connectivity index (χ4v) is 2.14. The van der Waals surface area contributed by atoms with E-state index in [0.29, 0.717) is 5.75 Å². The molecule has 4 N–H and O–H groups in total. The number of thiol groups is 1. The standard InChI is InChI=1S/C11H22N2O7S2/c1-11(2,7-14)9(16)10(17)13(22(18,19)20)5-3-8(15)12-4-6-21/h9,14,16,21H,3-7H2,1-2H3,(H,12,15)(H,18,19,20)/t9-/m0/s1. The molecule has 0 unspecified atom stereocenters. The molecule has 9 nitrogen and oxygen atoms in total. The zero-order valence-electron chi connectivity index (χ0n) is 12.4. The Morgan fingerprint density at radius 3 is 2.32 bits per heavy atom. The molecule has 0 saturated heterocycles. The van der Waals surface area contributed by atoms with E-state index >= 15 is 0 Å². The van der Waals surface area contributed by atoms with Crippen molar-refractivity contribution in [2.45, 2.75) is 26.4 Å². The number of rotatable bonds is 9. The van der Waals surface area contributed by atoms with Crippen LogP contribution in [-0.2, 0) is 19.9 Å². The summed E-state index contributed by atoms with van der Waals surface area (Å²) in [6.45, 7) is 1.74. The van der Waals surface area contributed by atoms with Crippen molar-refractivity contribution in [3.63, 3.8) is 0 Å². The van der Waals surface area contributed by atoms with Crippen molar-refractivity contribution in [1.29, 1.82) is 0 Å². The summed E-state index contributed by atoms with van der Waals surface area (Å²) in [7, 11) is -4.95. The fraction of sp³-hybridized carbons (Fsp3) is 0.818. The van der Waals surface area contributed by atoms with Crippen LogP contribution >= 0.6 is 12.6 Å². The topological polar surface area (TPSA) is 144 Å². The van der Waals surface area contributed by atoms with Crippen molar-refractivity contribution in [2.75, 3.05) is 25.4 Å². The van der Waals surface area contributed by atoms with Gasteiger partial charge in [-0.25, -0.2) is 4.31 Å². The highest BCUT2D eigenvalue weighted by atomic mass is 32.2. The van der Waals surface area contributed by atoms with Gasteiger partial charge < -0.3 is 15.5 Å². The van der Waals surface area contributed by atoms with Crippen molar-refractivity contribution in [2.24, 2.45) is 5.41 Å². The molecule has 0 aromatic heterocycles. The van der Waals surface area contributed by atoms with Gasteiger partial charge in [-0.15, -0.1) is 0 Å². The first-order chi connectivity index (χ1) is 9.97. The normalized spacial score (nSPS) is 13.5. The SMILES string of the molecule is CC(C)(CO)[C@@H](O)C(=O)N(CCC(=O)NCCS)S(=O)(=O)O. The van der Waals surface area contributed by atoms with Crippen LogP contribution < -0.4 is 5.32 Å². The summed E-state index contributed by atoms with van der Waals surface area (Å²) in [6, 6.07) is 0. The monoisotopic (exact) mass is 358 g/mol. The van der Waals surface area contributed by atoms with Gasteiger partial charge in [0.1, 0.15) is 6.10 Å². The van der Waals surface area contributed by atoms with Gasteiger partial charge in [-0.05, 0) is 0 Å². The van der Waals surface area contributed by atoms with Crippen LogP contribution in [0.1, 0.15) is 20.3 Å². The van der Waals surface area contributed by atoms with E-state index in [4.69, 9.17) is 9.66 Å². The highest BCUT2D eigenvalue weighted by Crippen LogP contribution is 2.22. The lowest BCUT2D eigenvalue weighted by molar-refractivity contribution is -0.143. The number of hydrogen-bond acceptors (Lipinski definition) is 7. The molecule has 11 heteroatoms. The molecule has 2 amide bonds. The average Bonchev–Trinajstić information content (AvgIpc) is 2.42. The predicted molar refractivity (Wildman–Crippen MR) is 81.6 cm³/mol. The minimum Gasteiger partial charge on any atom is -0.396 e. The first kappa shape index (κ1) is 21.1. The molecule has 0 aliphatic carbocycles. The summed E-state index contributed by atoms with van der Waals surface area (Å²) in [4.78, 5) is 23.4. The number of carbonyl (C=O) groups excluding carboxylic acids is 2. The zero-order valence-corrected chi connectivity index (χ0v) is 14.1. The van der Waals surface area contributed by atoms with E-state index in [1.54, 1.807) is 0 Å².